The summed E-state index contributed by atoms with van der Waals surface area (Å²) in [5, 5.41) is 2.18. The molecule has 0 radical (unpaired) electrons. The third-order valence-corrected chi connectivity index (χ3v) is 3.85. The standard InChI is InChI=1S/C11H19NS/c1-5-8(2)11(4,12)10-6-9(3)13-7-10/h6-8H,5,12H2,1-4H3. The van der Waals surface area contributed by atoms with Crippen LogP contribution < -0.4 is 5.73 Å². The number of hydrogen-bond donors (Lipinski definition) is 1. The maximum absolute atomic E-state index is 6.31. The molecule has 2 atom stereocenters. The van der Waals surface area contributed by atoms with Crippen molar-refractivity contribution in [1.82, 2.24) is 0 Å². The Morgan fingerprint density at radius 2 is 2.23 bits per heavy atom. The lowest BCUT2D eigenvalue weighted by Gasteiger charge is -2.30. The monoisotopic (exact) mass is 197 g/mol. The number of nitrogens with two attached hydrogens (primary N) is 1. The van der Waals surface area contributed by atoms with Crippen LogP contribution in [0, 0.1) is 12.8 Å². The lowest BCUT2D eigenvalue weighted by molar-refractivity contribution is 0.317. The van der Waals surface area contributed by atoms with Crippen LogP contribution in [-0.4, -0.2) is 0 Å². The van der Waals surface area contributed by atoms with E-state index in [1.165, 1.54) is 10.4 Å². The number of hydrogen-bond acceptors (Lipinski definition) is 2. The summed E-state index contributed by atoms with van der Waals surface area (Å²) in [5.41, 5.74) is 7.43. The van der Waals surface area contributed by atoms with Crippen LogP contribution in [0.2, 0.25) is 0 Å². The highest BCUT2D eigenvalue weighted by Gasteiger charge is 2.27. The second-order valence-corrected chi connectivity index (χ2v) is 5.15. The molecule has 0 aromatic carbocycles. The molecule has 0 aliphatic carbocycles. The van der Waals surface area contributed by atoms with Crippen molar-refractivity contribution in [1.29, 1.82) is 0 Å². The Morgan fingerprint density at radius 1 is 1.62 bits per heavy atom. The molecule has 0 bridgehead atoms. The normalized spacial score (nSPS) is 18.2. The fourth-order valence-electron chi connectivity index (χ4n) is 1.43. The van der Waals surface area contributed by atoms with Gasteiger partial charge in [0.1, 0.15) is 0 Å². The Balaban J connectivity index is 2.92. The van der Waals surface area contributed by atoms with Crippen LogP contribution in [0.1, 0.15) is 37.6 Å². The molecule has 13 heavy (non-hydrogen) atoms. The van der Waals surface area contributed by atoms with Crippen LogP contribution in [-0.2, 0) is 5.54 Å². The summed E-state index contributed by atoms with van der Waals surface area (Å²) in [6.45, 7) is 8.66. The quantitative estimate of drug-likeness (QED) is 0.790. The Labute approximate surface area is 85.0 Å². The summed E-state index contributed by atoms with van der Waals surface area (Å²) in [6, 6.07) is 2.21. The minimum Gasteiger partial charge on any atom is -0.321 e. The molecule has 0 aliphatic heterocycles. The van der Waals surface area contributed by atoms with Gasteiger partial charge in [-0.15, -0.1) is 11.3 Å². The van der Waals surface area contributed by atoms with E-state index in [9.17, 15) is 0 Å². The van der Waals surface area contributed by atoms with E-state index in [0.29, 0.717) is 5.92 Å². The Bertz CT molecular complexity index is 275. The first-order valence-corrected chi connectivity index (χ1v) is 5.71. The zero-order valence-corrected chi connectivity index (χ0v) is 9.74. The highest BCUT2D eigenvalue weighted by molar-refractivity contribution is 7.10. The van der Waals surface area contributed by atoms with Crippen LogP contribution >= 0.6 is 11.3 Å². The molecule has 0 saturated carbocycles. The van der Waals surface area contributed by atoms with E-state index >= 15 is 0 Å². The molecule has 74 valence electrons. The Hall–Kier alpha value is -0.340. The van der Waals surface area contributed by atoms with E-state index in [4.69, 9.17) is 5.73 Å². The van der Waals surface area contributed by atoms with Crippen molar-refractivity contribution >= 4 is 11.3 Å². The lowest BCUT2D eigenvalue weighted by Crippen LogP contribution is -2.39. The van der Waals surface area contributed by atoms with Gasteiger partial charge in [-0.3, -0.25) is 0 Å². The van der Waals surface area contributed by atoms with Crippen LogP contribution in [0.15, 0.2) is 11.4 Å². The molecule has 2 heteroatoms. The highest BCUT2D eigenvalue weighted by atomic mass is 32.1. The van der Waals surface area contributed by atoms with Crippen molar-refractivity contribution in [2.45, 2.75) is 39.7 Å². The molecule has 0 spiro atoms. The number of thiophene rings is 1. The van der Waals surface area contributed by atoms with Crippen molar-refractivity contribution < 1.29 is 0 Å². The molecule has 1 heterocycles. The summed E-state index contributed by atoms with van der Waals surface area (Å²) in [4.78, 5) is 1.34. The van der Waals surface area contributed by atoms with Crippen molar-refractivity contribution in [2.24, 2.45) is 11.7 Å². The first kappa shape index (κ1) is 10.7. The molecular formula is C11H19NS. The number of aryl methyl sites for hydroxylation is 1. The maximum atomic E-state index is 6.31. The minimum absolute atomic E-state index is 0.167. The topological polar surface area (TPSA) is 26.0 Å². The van der Waals surface area contributed by atoms with Crippen LogP contribution in [0.5, 0.6) is 0 Å². The van der Waals surface area contributed by atoms with Gasteiger partial charge in [0.2, 0.25) is 0 Å². The highest BCUT2D eigenvalue weighted by Crippen LogP contribution is 2.31. The summed E-state index contributed by atoms with van der Waals surface area (Å²) in [6.07, 6.45) is 1.13. The molecule has 0 amide bonds. The third-order valence-electron chi connectivity index (χ3n) is 2.99. The van der Waals surface area contributed by atoms with Crippen molar-refractivity contribution in [3.05, 3.63) is 21.9 Å². The fraction of sp³-hybridized carbons (Fsp3) is 0.636. The van der Waals surface area contributed by atoms with E-state index in [0.717, 1.165) is 6.42 Å². The molecule has 1 aromatic heterocycles. The Morgan fingerprint density at radius 3 is 2.62 bits per heavy atom. The summed E-state index contributed by atoms with van der Waals surface area (Å²) in [7, 11) is 0. The van der Waals surface area contributed by atoms with Crippen molar-refractivity contribution in [3.63, 3.8) is 0 Å². The van der Waals surface area contributed by atoms with Crippen LogP contribution in [0.25, 0.3) is 0 Å². The predicted octanol–water partition coefficient (Wildman–Crippen LogP) is 3.28. The van der Waals surface area contributed by atoms with E-state index in [-0.39, 0.29) is 5.54 Å². The third kappa shape index (κ3) is 2.12. The smallest absolute Gasteiger partial charge is 0.0415 e. The molecule has 0 fully saturated rings. The van der Waals surface area contributed by atoms with Gasteiger partial charge in [-0.2, -0.15) is 0 Å². The molecule has 2 N–H and O–H groups in total. The number of rotatable bonds is 3. The maximum Gasteiger partial charge on any atom is 0.0415 e. The van der Waals surface area contributed by atoms with Gasteiger partial charge >= 0.3 is 0 Å². The van der Waals surface area contributed by atoms with E-state index in [1.807, 2.05) is 0 Å². The van der Waals surface area contributed by atoms with Gasteiger partial charge in [-0.05, 0) is 36.8 Å². The van der Waals surface area contributed by atoms with Gasteiger partial charge in [-0.1, -0.05) is 20.3 Å². The van der Waals surface area contributed by atoms with Gasteiger partial charge in [0, 0.05) is 10.4 Å². The lowest BCUT2D eigenvalue weighted by atomic mass is 9.81. The molecule has 1 aromatic rings. The van der Waals surface area contributed by atoms with Crippen LogP contribution in [0.3, 0.4) is 0 Å². The summed E-state index contributed by atoms with van der Waals surface area (Å²) < 4.78 is 0. The van der Waals surface area contributed by atoms with Crippen LogP contribution in [0.4, 0.5) is 0 Å². The Kier molecular flexibility index (Phi) is 3.14. The van der Waals surface area contributed by atoms with E-state index in [2.05, 4.69) is 39.1 Å². The zero-order valence-electron chi connectivity index (χ0n) is 8.92. The second kappa shape index (κ2) is 3.81. The molecule has 0 aliphatic rings. The average molecular weight is 197 g/mol. The molecule has 1 nitrogen and oxygen atoms in total. The molecule has 0 saturated heterocycles. The predicted molar refractivity (Wildman–Crippen MR) is 60.1 cm³/mol. The first-order valence-electron chi connectivity index (χ1n) is 4.83. The van der Waals surface area contributed by atoms with E-state index < -0.39 is 0 Å². The SMILES string of the molecule is CCC(C)C(C)(N)c1csc(C)c1. The van der Waals surface area contributed by atoms with Gasteiger partial charge in [-0.25, -0.2) is 0 Å². The van der Waals surface area contributed by atoms with Gasteiger partial charge in [0.05, 0.1) is 0 Å². The van der Waals surface area contributed by atoms with E-state index in [1.54, 1.807) is 11.3 Å². The fourth-order valence-corrected chi connectivity index (χ4v) is 2.26. The zero-order chi connectivity index (χ0) is 10.1. The molecule has 2 unspecified atom stereocenters. The van der Waals surface area contributed by atoms with Gasteiger partial charge < -0.3 is 5.73 Å². The van der Waals surface area contributed by atoms with Crippen molar-refractivity contribution in [2.75, 3.05) is 0 Å². The largest absolute Gasteiger partial charge is 0.321 e. The summed E-state index contributed by atoms with van der Waals surface area (Å²) in [5.74, 6) is 0.529. The molecule has 1 rings (SSSR count). The van der Waals surface area contributed by atoms with Gasteiger partial charge in [0.15, 0.2) is 0 Å². The molecular weight excluding hydrogens is 178 g/mol. The average Bonchev–Trinajstić information content (AvgIpc) is 2.50. The van der Waals surface area contributed by atoms with Crippen molar-refractivity contribution in [3.8, 4) is 0 Å². The van der Waals surface area contributed by atoms with Gasteiger partial charge in [0.25, 0.3) is 0 Å². The summed E-state index contributed by atoms with van der Waals surface area (Å²) >= 11 is 1.78. The minimum atomic E-state index is -0.167. The first-order chi connectivity index (χ1) is 5.98. The second-order valence-electron chi connectivity index (χ2n) is 4.04.